The quantitative estimate of drug-likeness (QED) is 0.251. The Balaban J connectivity index is 2.31. The van der Waals surface area contributed by atoms with E-state index >= 15 is 0 Å². The second-order valence-corrected chi connectivity index (χ2v) is 7.32. The minimum absolute atomic E-state index is 0.224. The Morgan fingerprint density at radius 1 is 1.00 bits per heavy atom. The summed E-state index contributed by atoms with van der Waals surface area (Å²) in [5.41, 5.74) is -2.09. The van der Waals surface area contributed by atoms with Crippen molar-refractivity contribution in [2.24, 2.45) is 0 Å². The number of aliphatic hydroxyl groups excluding tert-OH is 4. The molecule has 1 aliphatic rings. The van der Waals surface area contributed by atoms with Crippen molar-refractivity contribution in [3.63, 3.8) is 0 Å². The first-order valence-electron chi connectivity index (χ1n) is 10.1. The van der Waals surface area contributed by atoms with Crippen LogP contribution >= 0.6 is 0 Å². The van der Waals surface area contributed by atoms with Crippen molar-refractivity contribution >= 4 is 11.8 Å². The third-order valence-corrected chi connectivity index (χ3v) is 5.07. The van der Waals surface area contributed by atoms with Crippen molar-refractivity contribution in [2.45, 2.75) is 95.7 Å². The molecule has 0 bridgehead atoms. The summed E-state index contributed by atoms with van der Waals surface area (Å²) in [6.45, 7) is 1.38. The van der Waals surface area contributed by atoms with E-state index < -0.39 is 42.2 Å². The molecule has 0 fully saturated rings. The minimum Gasteiger partial charge on any atom is -0.505 e. The number of carbonyl (C=O) groups is 2. The molecule has 0 radical (unpaired) electrons. The van der Waals surface area contributed by atoms with Gasteiger partial charge in [-0.25, -0.2) is 4.79 Å². The smallest absolute Gasteiger partial charge is 0.378 e. The number of hydrogen-bond donors (Lipinski definition) is 4. The van der Waals surface area contributed by atoms with Crippen molar-refractivity contribution < 1.29 is 34.8 Å². The van der Waals surface area contributed by atoms with Crippen molar-refractivity contribution in [3.8, 4) is 0 Å². The van der Waals surface area contributed by atoms with Gasteiger partial charge in [-0.3, -0.25) is 4.79 Å². The van der Waals surface area contributed by atoms with Gasteiger partial charge in [-0.15, -0.1) is 0 Å². The molecule has 0 aromatic rings. The Bertz CT molecular complexity index is 514. The molecule has 27 heavy (non-hydrogen) atoms. The number of esters is 1. The van der Waals surface area contributed by atoms with E-state index in [4.69, 9.17) is 9.84 Å². The first kappa shape index (κ1) is 23.4. The van der Waals surface area contributed by atoms with E-state index in [1.807, 2.05) is 0 Å². The molecule has 0 amide bonds. The highest BCUT2D eigenvalue weighted by Crippen LogP contribution is 2.37. The Hall–Kier alpha value is -1.60. The number of Topliss-reactive ketones (excluding diaryl/α,β-unsaturated/α-hetero) is 1. The van der Waals surface area contributed by atoms with Crippen LogP contribution in [0.5, 0.6) is 0 Å². The van der Waals surface area contributed by atoms with Gasteiger partial charge in [-0.1, -0.05) is 64.7 Å². The maximum Gasteiger partial charge on any atom is 0.378 e. The Kier molecular flexibility index (Phi) is 10.4. The first-order chi connectivity index (χ1) is 12.9. The van der Waals surface area contributed by atoms with Crippen LogP contribution in [0.4, 0.5) is 0 Å². The van der Waals surface area contributed by atoms with E-state index in [0.717, 1.165) is 19.3 Å². The summed E-state index contributed by atoms with van der Waals surface area (Å²) in [6, 6.07) is 0. The van der Waals surface area contributed by atoms with Gasteiger partial charge in [-0.2, -0.15) is 0 Å². The molecule has 0 saturated carbocycles. The lowest BCUT2D eigenvalue weighted by Crippen LogP contribution is -2.48. The van der Waals surface area contributed by atoms with Crippen molar-refractivity contribution in [1.29, 1.82) is 0 Å². The normalized spacial score (nSPS) is 20.8. The lowest BCUT2D eigenvalue weighted by atomic mass is 9.87. The SMILES string of the molecule is CCCCCCCCCCCCC(=O)C[C@]1([C@@H](O)CO)OC(=O)C(O)=C1O. The Morgan fingerprint density at radius 3 is 1.96 bits per heavy atom. The van der Waals surface area contributed by atoms with Crippen LogP contribution in [-0.2, 0) is 14.3 Å². The fourth-order valence-corrected chi connectivity index (χ4v) is 3.36. The molecular formula is C20H34O7. The van der Waals surface area contributed by atoms with Gasteiger partial charge in [0.05, 0.1) is 13.0 Å². The maximum atomic E-state index is 12.2. The summed E-state index contributed by atoms with van der Waals surface area (Å²) >= 11 is 0. The number of aliphatic hydroxyl groups is 4. The third kappa shape index (κ3) is 6.81. The van der Waals surface area contributed by atoms with Crippen LogP contribution in [0.1, 0.15) is 84.0 Å². The highest BCUT2D eigenvalue weighted by molar-refractivity contribution is 5.91. The fraction of sp³-hybridized carbons (Fsp3) is 0.800. The number of hydrogen-bond acceptors (Lipinski definition) is 7. The van der Waals surface area contributed by atoms with Crippen LogP contribution in [0.25, 0.3) is 0 Å². The zero-order valence-corrected chi connectivity index (χ0v) is 16.3. The topological polar surface area (TPSA) is 124 Å². The van der Waals surface area contributed by atoms with Crippen LogP contribution < -0.4 is 0 Å². The van der Waals surface area contributed by atoms with Crippen LogP contribution in [0.3, 0.4) is 0 Å². The summed E-state index contributed by atoms with van der Waals surface area (Å²) in [4.78, 5) is 23.7. The van der Waals surface area contributed by atoms with Gasteiger partial charge >= 0.3 is 5.97 Å². The largest absolute Gasteiger partial charge is 0.505 e. The standard InChI is InChI=1S/C20H34O7/c1-2-3-4-5-6-7-8-9-10-11-12-15(22)13-20(16(23)14-21)18(25)17(24)19(26)27-20/h16,21,23-25H,2-14H2,1H3/t16-,20+/m0/s1. The Morgan fingerprint density at radius 2 is 1.52 bits per heavy atom. The second-order valence-electron chi connectivity index (χ2n) is 7.32. The third-order valence-electron chi connectivity index (χ3n) is 5.07. The maximum absolute atomic E-state index is 12.2. The van der Waals surface area contributed by atoms with E-state index in [2.05, 4.69) is 6.92 Å². The molecule has 0 aromatic heterocycles. The average Bonchev–Trinajstić information content (AvgIpc) is 2.87. The number of rotatable bonds is 15. The van der Waals surface area contributed by atoms with Gasteiger partial charge in [0.25, 0.3) is 0 Å². The number of ether oxygens (including phenoxy) is 1. The fourth-order valence-electron chi connectivity index (χ4n) is 3.36. The molecule has 0 aliphatic carbocycles. The van der Waals surface area contributed by atoms with Crippen LogP contribution in [0, 0.1) is 0 Å². The lowest BCUT2D eigenvalue weighted by molar-refractivity contribution is -0.166. The molecule has 0 spiro atoms. The first-order valence-corrected chi connectivity index (χ1v) is 10.1. The van der Waals surface area contributed by atoms with Crippen LogP contribution in [0.15, 0.2) is 11.5 Å². The zero-order valence-electron chi connectivity index (χ0n) is 16.3. The van der Waals surface area contributed by atoms with E-state index in [0.29, 0.717) is 6.42 Å². The lowest BCUT2D eigenvalue weighted by Gasteiger charge is -2.30. The van der Waals surface area contributed by atoms with E-state index in [1.54, 1.807) is 0 Å². The average molecular weight is 386 g/mol. The van der Waals surface area contributed by atoms with Crippen LogP contribution in [-0.4, -0.2) is 50.5 Å². The van der Waals surface area contributed by atoms with Gasteiger partial charge in [0.1, 0.15) is 11.9 Å². The number of carbonyl (C=O) groups excluding carboxylic acids is 2. The molecule has 4 N–H and O–H groups in total. The molecule has 7 heteroatoms. The highest BCUT2D eigenvalue weighted by atomic mass is 16.6. The number of unbranched alkanes of at least 4 members (excludes halogenated alkanes) is 9. The summed E-state index contributed by atoms with van der Waals surface area (Å²) in [6.07, 6.45) is 9.40. The number of ketones is 1. The summed E-state index contributed by atoms with van der Waals surface area (Å²) < 4.78 is 4.85. The monoisotopic (exact) mass is 386 g/mol. The van der Waals surface area contributed by atoms with Gasteiger partial charge in [0.15, 0.2) is 5.76 Å². The molecule has 0 unspecified atom stereocenters. The van der Waals surface area contributed by atoms with Crippen molar-refractivity contribution in [2.75, 3.05) is 6.61 Å². The predicted octanol–water partition coefficient (Wildman–Crippen LogP) is 3.23. The summed E-state index contributed by atoms with van der Waals surface area (Å²) in [5.74, 6) is -3.46. The summed E-state index contributed by atoms with van der Waals surface area (Å²) in [7, 11) is 0. The van der Waals surface area contributed by atoms with Crippen molar-refractivity contribution in [1.82, 2.24) is 0 Å². The molecular weight excluding hydrogens is 352 g/mol. The molecule has 7 nitrogen and oxygen atoms in total. The highest BCUT2D eigenvalue weighted by Gasteiger charge is 2.54. The van der Waals surface area contributed by atoms with Crippen molar-refractivity contribution in [3.05, 3.63) is 11.5 Å². The molecule has 0 aromatic carbocycles. The summed E-state index contributed by atoms with van der Waals surface area (Å²) in [5, 5.41) is 38.5. The Labute approximate surface area is 161 Å². The van der Waals surface area contributed by atoms with E-state index in [-0.39, 0.29) is 12.2 Å². The molecule has 1 heterocycles. The van der Waals surface area contributed by atoms with Gasteiger partial charge in [0.2, 0.25) is 11.4 Å². The van der Waals surface area contributed by atoms with E-state index in [1.165, 1.54) is 38.5 Å². The van der Waals surface area contributed by atoms with Gasteiger partial charge in [-0.05, 0) is 6.42 Å². The predicted molar refractivity (Wildman–Crippen MR) is 100 cm³/mol. The zero-order chi connectivity index (χ0) is 20.3. The molecule has 156 valence electrons. The second kappa shape index (κ2) is 12.0. The number of cyclic esters (lactones) is 1. The van der Waals surface area contributed by atoms with Gasteiger partial charge < -0.3 is 25.2 Å². The molecule has 1 rings (SSSR count). The molecule has 0 saturated heterocycles. The molecule has 2 atom stereocenters. The van der Waals surface area contributed by atoms with Gasteiger partial charge in [0, 0.05) is 6.42 Å². The minimum atomic E-state index is -2.09. The van der Waals surface area contributed by atoms with Crippen LogP contribution in [0.2, 0.25) is 0 Å². The van der Waals surface area contributed by atoms with E-state index in [9.17, 15) is 24.9 Å². The molecule has 1 aliphatic heterocycles.